The second-order valence-electron chi connectivity index (χ2n) is 10.4. The van der Waals surface area contributed by atoms with Crippen molar-refractivity contribution >= 4 is 34.9 Å². The van der Waals surface area contributed by atoms with Crippen LogP contribution in [0.5, 0.6) is 5.75 Å². The molecule has 0 spiro atoms. The minimum Gasteiger partial charge on any atom is -0.484 e. The summed E-state index contributed by atoms with van der Waals surface area (Å²) in [6.07, 6.45) is 3.04. The maximum absolute atomic E-state index is 14.4. The third kappa shape index (κ3) is 4.27. The minimum absolute atomic E-state index is 0.0588. The highest BCUT2D eigenvalue weighted by Crippen LogP contribution is 2.46. The van der Waals surface area contributed by atoms with Crippen molar-refractivity contribution < 1.29 is 23.1 Å². The Morgan fingerprint density at radius 2 is 1.97 bits per heavy atom. The van der Waals surface area contributed by atoms with Crippen LogP contribution in [0.25, 0.3) is 0 Å². The van der Waals surface area contributed by atoms with E-state index in [1.807, 2.05) is 0 Å². The average Bonchev–Trinajstić information content (AvgIpc) is 3.75. The third-order valence-corrected chi connectivity index (χ3v) is 8.03. The van der Waals surface area contributed by atoms with Gasteiger partial charge >= 0.3 is 6.03 Å². The summed E-state index contributed by atoms with van der Waals surface area (Å²) in [6.45, 7) is 0.327. The molecule has 39 heavy (non-hydrogen) atoms. The number of benzene rings is 1. The fraction of sp³-hybridized carbons (Fsp3) is 0.357. The van der Waals surface area contributed by atoms with Gasteiger partial charge in [-0.2, -0.15) is 0 Å². The van der Waals surface area contributed by atoms with Crippen molar-refractivity contribution in [1.29, 1.82) is 0 Å². The predicted molar refractivity (Wildman–Crippen MR) is 140 cm³/mol. The van der Waals surface area contributed by atoms with Gasteiger partial charge in [0, 0.05) is 23.7 Å². The second kappa shape index (κ2) is 9.15. The highest BCUT2D eigenvalue weighted by Gasteiger charge is 2.38. The molecule has 0 bridgehead atoms. The largest absolute Gasteiger partial charge is 0.484 e. The standard InChI is InChI=1S/C28H24ClF2N5O3/c29-18-8-15-5-6-23(26-19(31)2-1-7-32-26)39-24(15)10-22(18)36-13-17-20(34-28(36)38)9-21(33-25(17)14-3-4-14)27(37)35-11-16(30)12-35/h1-2,7-10,14,16,23H,3-6,11-13H2,(H,34,38). The molecule has 0 radical (unpaired) electrons. The number of hydrogen-bond acceptors (Lipinski definition) is 5. The van der Waals surface area contributed by atoms with Crippen molar-refractivity contribution in [2.24, 2.45) is 0 Å². The lowest BCUT2D eigenvalue weighted by atomic mass is 9.98. The van der Waals surface area contributed by atoms with Crippen LogP contribution in [-0.2, 0) is 13.0 Å². The number of ether oxygens (including phenoxy) is 1. The van der Waals surface area contributed by atoms with Crippen LogP contribution in [0.1, 0.15) is 64.3 Å². The molecule has 3 amide bonds. The van der Waals surface area contributed by atoms with Crippen LogP contribution < -0.4 is 15.0 Å². The number of fused-ring (bicyclic) bond motifs is 2. The molecule has 4 aliphatic rings. The van der Waals surface area contributed by atoms with Crippen LogP contribution in [0.15, 0.2) is 36.5 Å². The molecule has 3 aliphatic heterocycles. The Balaban J connectivity index is 1.20. The van der Waals surface area contributed by atoms with Crippen molar-refractivity contribution in [2.45, 2.75) is 50.4 Å². The molecule has 8 nitrogen and oxygen atoms in total. The SMILES string of the molecule is O=C(c1cc2c(c(C3CC3)n1)CN(c1cc3c(cc1Cl)CCC(c1ncccc1F)O3)C(=O)N2)N1CC(F)C1. The van der Waals surface area contributed by atoms with E-state index in [0.717, 1.165) is 29.7 Å². The summed E-state index contributed by atoms with van der Waals surface area (Å²) >= 11 is 6.67. The number of rotatable bonds is 4. The Bertz CT molecular complexity index is 1530. The molecule has 1 saturated carbocycles. The number of aromatic nitrogens is 2. The van der Waals surface area contributed by atoms with Crippen LogP contribution in [-0.4, -0.2) is 46.1 Å². The molecule has 1 N–H and O–H groups in total. The molecule has 1 atom stereocenters. The summed E-state index contributed by atoms with van der Waals surface area (Å²) in [4.78, 5) is 38.0. The average molecular weight is 552 g/mol. The van der Waals surface area contributed by atoms with Crippen LogP contribution in [0.2, 0.25) is 5.02 Å². The number of urea groups is 1. The first-order valence-electron chi connectivity index (χ1n) is 13.0. The first-order chi connectivity index (χ1) is 18.9. The molecule has 2 fully saturated rings. The lowest BCUT2D eigenvalue weighted by Gasteiger charge is -2.35. The summed E-state index contributed by atoms with van der Waals surface area (Å²) in [7, 11) is 0. The zero-order chi connectivity index (χ0) is 26.8. The highest BCUT2D eigenvalue weighted by atomic mass is 35.5. The number of carbonyl (C=O) groups excluding carboxylic acids is 2. The number of carbonyl (C=O) groups is 2. The lowest BCUT2D eigenvalue weighted by molar-refractivity contribution is 0.0394. The number of amides is 3. The Labute approximate surface area is 227 Å². The molecule has 1 saturated heterocycles. The molecule has 3 aromatic rings. The van der Waals surface area contributed by atoms with Gasteiger partial charge in [-0.25, -0.2) is 18.6 Å². The summed E-state index contributed by atoms with van der Waals surface area (Å²) < 4.78 is 33.9. The van der Waals surface area contributed by atoms with E-state index in [-0.39, 0.29) is 42.8 Å². The smallest absolute Gasteiger partial charge is 0.326 e. The maximum atomic E-state index is 14.4. The van der Waals surface area contributed by atoms with E-state index in [9.17, 15) is 18.4 Å². The molecule has 1 aliphatic carbocycles. The summed E-state index contributed by atoms with van der Waals surface area (Å²) in [5, 5.41) is 3.30. The van der Waals surface area contributed by atoms with Crippen LogP contribution in [0, 0.1) is 5.82 Å². The number of halogens is 3. The van der Waals surface area contributed by atoms with Crippen LogP contribution in [0.4, 0.5) is 25.0 Å². The predicted octanol–water partition coefficient (Wildman–Crippen LogP) is 5.56. The topological polar surface area (TPSA) is 87.7 Å². The lowest BCUT2D eigenvalue weighted by Crippen LogP contribution is -2.51. The molecule has 7 rings (SSSR count). The quantitative estimate of drug-likeness (QED) is 0.459. The normalized spacial score (nSPS) is 20.5. The summed E-state index contributed by atoms with van der Waals surface area (Å²) in [6, 6.07) is 7.56. The zero-order valence-electron chi connectivity index (χ0n) is 20.8. The Hall–Kier alpha value is -3.79. The van der Waals surface area contributed by atoms with Crippen molar-refractivity contribution in [3.63, 3.8) is 0 Å². The summed E-state index contributed by atoms with van der Waals surface area (Å²) in [5.41, 5.74) is 3.92. The molecule has 2 aromatic heterocycles. The third-order valence-electron chi connectivity index (χ3n) is 7.72. The van der Waals surface area contributed by atoms with Crippen molar-refractivity contribution in [3.8, 4) is 5.75 Å². The van der Waals surface area contributed by atoms with Gasteiger partial charge in [0.2, 0.25) is 0 Å². The van der Waals surface area contributed by atoms with Gasteiger partial charge in [0.15, 0.2) is 0 Å². The van der Waals surface area contributed by atoms with E-state index in [0.29, 0.717) is 35.0 Å². The molecule has 5 heterocycles. The van der Waals surface area contributed by atoms with Crippen LogP contribution in [0.3, 0.4) is 0 Å². The monoisotopic (exact) mass is 551 g/mol. The number of likely N-dealkylation sites (tertiary alicyclic amines) is 1. The van der Waals surface area contributed by atoms with E-state index in [1.165, 1.54) is 28.1 Å². The van der Waals surface area contributed by atoms with E-state index in [4.69, 9.17) is 16.3 Å². The minimum atomic E-state index is -1.01. The zero-order valence-corrected chi connectivity index (χ0v) is 21.5. The number of anilines is 2. The highest BCUT2D eigenvalue weighted by molar-refractivity contribution is 6.34. The van der Waals surface area contributed by atoms with Gasteiger partial charge in [-0.05, 0) is 55.5 Å². The van der Waals surface area contributed by atoms with Gasteiger partial charge in [0.1, 0.15) is 35.2 Å². The van der Waals surface area contributed by atoms with Gasteiger partial charge in [0.25, 0.3) is 5.91 Å². The van der Waals surface area contributed by atoms with Crippen molar-refractivity contribution in [3.05, 3.63) is 75.6 Å². The number of hydrogen-bond donors (Lipinski definition) is 1. The van der Waals surface area contributed by atoms with E-state index in [2.05, 4.69) is 15.3 Å². The first kappa shape index (κ1) is 24.3. The number of nitrogens with zero attached hydrogens (tertiary/aromatic N) is 4. The van der Waals surface area contributed by atoms with Gasteiger partial charge in [-0.15, -0.1) is 0 Å². The van der Waals surface area contributed by atoms with E-state index in [1.54, 1.807) is 18.2 Å². The van der Waals surface area contributed by atoms with Gasteiger partial charge in [-0.3, -0.25) is 14.7 Å². The van der Waals surface area contributed by atoms with E-state index < -0.39 is 24.1 Å². The number of nitrogens with one attached hydrogen (secondary N) is 1. The first-order valence-corrected chi connectivity index (χ1v) is 13.4. The van der Waals surface area contributed by atoms with Gasteiger partial charge in [-0.1, -0.05) is 11.6 Å². The van der Waals surface area contributed by atoms with E-state index >= 15 is 0 Å². The fourth-order valence-corrected chi connectivity index (χ4v) is 5.74. The summed E-state index contributed by atoms with van der Waals surface area (Å²) in [5.74, 6) is -0.0377. The Morgan fingerprint density at radius 3 is 2.72 bits per heavy atom. The Morgan fingerprint density at radius 1 is 1.15 bits per heavy atom. The molecule has 1 aromatic carbocycles. The molecule has 11 heteroatoms. The molecule has 1 unspecified atom stereocenters. The Kier molecular flexibility index (Phi) is 5.69. The molecular weight excluding hydrogens is 528 g/mol. The molecule has 200 valence electrons. The fourth-order valence-electron chi connectivity index (χ4n) is 5.45. The maximum Gasteiger partial charge on any atom is 0.326 e. The van der Waals surface area contributed by atoms with Crippen molar-refractivity contribution in [1.82, 2.24) is 14.9 Å². The second-order valence-corrected chi connectivity index (χ2v) is 10.9. The van der Waals surface area contributed by atoms with Crippen LogP contribution >= 0.6 is 11.6 Å². The number of pyridine rings is 2. The number of alkyl halides is 1. The van der Waals surface area contributed by atoms with Crippen molar-refractivity contribution in [2.75, 3.05) is 23.3 Å². The van der Waals surface area contributed by atoms with Gasteiger partial charge < -0.3 is 15.0 Å². The number of aryl methyl sites for hydroxylation is 1. The molecular formula is C28H24ClF2N5O3. The van der Waals surface area contributed by atoms with Gasteiger partial charge in [0.05, 0.1) is 41.7 Å².